The maximum Gasteiger partial charge on any atom is 2.00 e. The van der Waals surface area contributed by atoms with Crippen molar-refractivity contribution in [2.75, 3.05) is 39.6 Å². The van der Waals surface area contributed by atoms with Gasteiger partial charge in [0.2, 0.25) is 0 Å². The fourth-order valence-electron chi connectivity index (χ4n) is 8.62. The fraction of sp³-hybridized carbons (Fsp3) is 0.443. The van der Waals surface area contributed by atoms with Crippen LogP contribution in [0.3, 0.4) is 0 Å². The van der Waals surface area contributed by atoms with Crippen LogP contribution in [0.15, 0.2) is 54.6 Å². The first-order valence-corrected chi connectivity index (χ1v) is 27.5. The van der Waals surface area contributed by atoms with Crippen LogP contribution in [0.25, 0.3) is 89.7 Å². The van der Waals surface area contributed by atoms with Gasteiger partial charge in [-0.05, 0) is 122 Å². The minimum absolute atomic E-state index is 0. The van der Waals surface area contributed by atoms with Gasteiger partial charge in [-0.25, -0.2) is 9.97 Å². The molecule has 0 atom stereocenters. The van der Waals surface area contributed by atoms with Gasteiger partial charge in [-0.1, -0.05) is 98.0 Å². The number of fused-ring (bicyclic) bond motifs is 20. The van der Waals surface area contributed by atoms with Crippen LogP contribution in [-0.2, 0) is 19.5 Å². The smallest absolute Gasteiger partial charge is 0.490 e. The average molecular weight is 1090 g/mol. The molecule has 7 aromatic rings. The Labute approximate surface area is 464 Å². The van der Waals surface area contributed by atoms with Crippen molar-refractivity contribution in [1.82, 2.24) is 39.9 Å². The summed E-state index contributed by atoms with van der Waals surface area (Å²) in [7, 11) is 0. The minimum atomic E-state index is -1.21. The van der Waals surface area contributed by atoms with Crippen LogP contribution in [-0.4, -0.2) is 80.3 Å². The second-order valence-electron chi connectivity index (χ2n) is 19.8. The molecule has 0 saturated heterocycles. The minimum Gasteiger partial charge on any atom is -0.490 e. The van der Waals surface area contributed by atoms with Gasteiger partial charge in [-0.2, -0.15) is 0 Å². The summed E-state index contributed by atoms with van der Waals surface area (Å²) in [6.45, 7) is 19.2. The van der Waals surface area contributed by atoms with Crippen molar-refractivity contribution in [3.8, 4) is 91.9 Å². The molecule has 398 valence electrons. The van der Waals surface area contributed by atoms with Crippen LogP contribution >= 0.6 is 0 Å². The first-order chi connectivity index (χ1) is 37.0. The summed E-state index contributed by atoms with van der Waals surface area (Å²) in [5, 5.41) is 13.4. The molecule has 1 N–H and O–H groups in total. The number of nitrogens with zero attached hydrogens (tertiary/aromatic N) is 8. The average Bonchev–Trinajstić information content (AvgIpc) is 4.18. The molecule has 0 spiro atoms. The summed E-state index contributed by atoms with van der Waals surface area (Å²) in [6, 6.07) is 17.4. The van der Waals surface area contributed by atoms with Gasteiger partial charge in [0, 0.05) is 50.4 Å². The number of aromatic nitrogens is 8. The van der Waals surface area contributed by atoms with E-state index in [1.54, 1.807) is 13.8 Å². The van der Waals surface area contributed by atoms with Gasteiger partial charge in [0.25, 0.3) is 0 Å². The molecule has 2 aliphatic rings. The Hall–Kier alpha value is -6.82. The molecular weight excluding hydrogens is 1020 g/mol. The van der Waals surface area contributed by atoms with Crippen LogP contribution in [0.1, 0.15) is 138 Å². The zero-order valence-corrected chi connectivity index (χ0v) is 49.1. The Bertz CT molecular complexity index is 3450. The third-order valence-electron chi connectivity index (χ3n) is 12.9. The molecule has 4 aromatic carbocycles. The van der Waals surface area contributed by atoms with E-state index >= 15 is 0 Å². The van der Waals surface area contributed by atoms with Gasteiger partial charge in [0.1, 0.15) is 5.60 Å². The van der Waals surface area contributed by atoms with E-state index in [-0.39, 0.29) is 19.5 Å². The summed E-state index contributed by atoms with van der Waals surface area (Å²) in [4.78, 5) is 42.0. The molecule has 3 aromatic heterocycles. The summed E-state index contributed by atoms with van der Waals surface area (Å²) in [6.07, 6.45) is 11.0. The van der Waals surface area contributed by atoms with Gasteiger partial charge >= 0.3 is 19.5 Å². The topological polar surface area (TPSA) is 181 Å². The molecule has 2 aliphatic heterocycles. The quantitative estimate of drug-likeness (QED) is 0.0342. The van der Waals surface area contributed by atoms with E-state index in [2.05, 4.69) is 53.4 Å². The second-order valence-corrected chi connectivity index (χ2v) is 19.8. The number of rotatable bonds is 24. The van der Waals surface area contributed by atoms with E-state index in [0.29, 0.717) is 169 Å². The maximum absolute atomic E-state index is 10.6. The Morgan fingerprint density at radius 3 is 0.987 bits per heavy atom. The van der Waals surface area contributed by atoms with Crippen molar-refractivity contribution in [3.63, 3.8) is 0 Å². The monoisotopic (exact) mass is 1090 g/mol. The number of benzene rings is 4. The Balaban J connectivity index is 0.00000784. The van der Waals surface area contributed by atoms with E-state index in [1.807, 2.05) is 54.6 Å². The molecule has 0 amide bonds. The molecule has 9 rings (SSSR count). The zero-order valence-electron chi connectivity index (χ0n) is 46.1. The predicted octanol–water partition coefficient (Wildman–Crippen LogP) is 13.3. The van der Waals surface area contributed by atoms with Crippen LogP contribution in [0, 0.1) is 11.8 Å². The van der Waals surface area contributed by atoms with E-state index in [1.165, 1.54) is 0 Å². The molecule has 0 fully saturated rings. The van der Waals surface area contributed by atoms with Gasteiger partial charge in [0.15, 0.2) is 34.5 Å². The molecular formula is C61H70N8O7Zn. The largest absolute Gasteiger partial charge is 2.00 e. The SMILES string of the molecule is CCCCOc1cc2c(cc1OCCCC)-c1nc-2nc2[n-]c(nc3nc(nc4[n-]c(n1)c1cc(OCCCC)c(OCCCC)cc41)-c1cc(OCCCC)c(OCCCC)cc1-3)c1cc(C#CC(C)(C)O)ccc21.[Zn+2]. The van der Waals surface area contributed by atoms with E-state index in [4.69, 9.17) is 68.3 Å². The molecule has 77 heavy (non-hydrogen) atoms. The van der Waals surface area contributed by atoms with Crippen LogP contribution in [0.5, 0.6) is 34.5 Å². The van der Waals surface area contributed by atoms with Crippen molar-refractivity contribution < 1.29 is 53.0 Å². The normalized spacial score (nSPS) is 11.6. The van der Waals surface area contributed by atoms with Crippen LogP contribution < -0.4 is 38.4 Å². The number of ether oxygens (including phenoxy) is 6. The Morgan fingerprint density at radius 1 is 0.403 bits per heavy atom. The molecule has 15 nitrogen and oxygen atoms in total. The van der Waals surface area contributed by atoms with Gasteiger partial charge in [0.05, 0.1) is 62.9 Å². The molecule has 0 aliphatic carbocycles. The number of hydrogen-bond donors (Lipinski definition) is 1. The van der Waals surface area contributed by atoms with Crippen molar-refractivity contribution in [2.24, 2.45) is 0 Å². The predicted molar refractivity (Wildman–Crippen MR) is 300 cm³/mol. The fourth-order valence-corrected chi connectivity index (χ4v) is 8.62. The van der Waals surface area contributed by atoms with Crippen molar-refractivity contribution in [3.05, 3.63) is 60.2 Å². The number of unbranched alkanes of at least 4 members (excludes halogenated alkanes) is 6. The van der Waals surface area contributed by atoms with Crippen molar-refractivity contribution in [2.45, 2.75) is 138 Å². The van der Waals surface area contributed by atoms with Crippen LogP contribution in [0.2, 0.25) is 0 Å². The maximum atomic E-state index is 10.6. The van der Waals surface area contributed by atoms with Gasteiger partial charge in [-0.15, -0.1) is 0 Å². The van der Waals surface area contributed by atoms with Gasteiger partial charge < -0.3 is 63.4 Å². The van der Waals surface area contributed by atoms with E-state index in [9.17, 15) is 5.11 Å². The Morgan fingerprint density at radius 2 is 0.688 bits per heavy atom. The van der Waals surface area contributed by atoms with E-state index in [0.717, 1.165) is 77.0 Å². The zero-order chi connectivity index (χ0) is 53.2. The molecule has 0 unspecified atom stereocenters. The van der Waals surface area contributed by atoms with Crippen LogP contribution in [0.4, 0.5) is 0 Å². The van der Waals surface area contributed by atoms with Gasteiger partial charge in [-0.3, -0.25) is 0 Å². The van der Waals surface area contributed by atoms with Crippen molar-refractivity contribution in [1.29, 1.82) is 0 Å². The summed E-state index contributed by atoms with van der Waals surface area (Å²) in [5.74, 6) is 11.1. The molecule has 0 saturated carbocycles. The molecule has 5 heterocycles. The Kier molecular flexibility index (Phi) is 19.1. The number of aliphatic hydroxyl groups is 1. The summed E-state index contributed by atoms with van der Waals surface area (Å²) >= 11 is 0. The third-order valence-corrected chi connectivity index (χ3v) is 12.9. The standard InChI is InChI=1S/C61H70N8O7.Zn/c1-9-15-25-71-47-32-41-42(33-48(47)72-26-16-10-2)57-65-55(41)63-53-39-22-21-38(23-24-61(7,8)70)31-40(39)54(62-53)64-56-43-34-49(73-27-17-11-3)50(74-28-18-12-4)35-44(43)58(66-56)68-60-46-37-52(76-30-20-14-6)51(75-29-19-13-5)36-45(46)59(67-57)69-60;/h21-22,31-37,70H,9-20,25-30H2,1-8H3;/q-2;+2. The van der Waals surface area contributed by atoms with E-state index < -0.39 is 5.60 Å². The molecule has 16 heteroatoms. The first kappa shape index (κ1) is 56.4. The summed E-state index contributed by atoms with van der Waals surface area (Å²) in [5.41, 5.74) is 3.68. The molecule has 0 radical (unpaired) electrons. The second kappa shape index (κ2) is 26.0. The molecule has 8 bridgehead atoms. The van der Waals surface area contributed by atoms with Crippen molar-refractivity contribution >= 4 is 44.1 Å². The summed E-state index contributed by atoms with van der Waals surface area (Å²) < 4.78 is 38.8. The first-order valence-electron chi connectivity index (χ1n) is 27.5. The number of hydrogen-bond acceptors (Lipinski definition) is 13. The third kappa shape index (κ3) is 13.1.